The van der Waals surface area contributed by atoms with Gasteiger partial charge in [-0.05, 0) is 224 Å². The molecule has 2 nitrogen and oxygen atoms in total. The summed E-state index contributed by atoms with van der Waals surface area (Å²) in [4.78, 5) is 5.28. The average Bonchev–Trinajstić information content (AvgIpc) is 4.19. The second-order valence-corrected chi connectivity index (χ2v) is 20.3. The average molecular weight is 859 g/mol. The van der Waals surface area contributed by atoms with Crippen LogP contribution in [0.4, 0.5) is 28.4 Å². The molecule has 0 radical (unpaired) electrons. The fraction of sp³-hybridized carbons (Fsp3) is 0.169. The Kier molecular flexibility index (Phi) is 8.19. The van der Waals surface area contributed by atoms with E-state index >= 15 is 0 Å². The molecule has 1 fully saturated rings. The van der Waals surface area contributed by atoms with Gasteiger partial charge < -0.3 is 9.80 Å². The summed E-state index contributed by atoms with van der Waals surface area (Å²) in [6, 6.07) is 73.0. The van der Waals surface area contributed by atoms with Crippen LogP contribution < -0.4 is 9.80 Å². The summed E-state index contributed by atoms with van der Waals surface area (Å²) >= 11 is 0. The van der Waals surface area contributed by atoms with Crippen LogP contribution in [-0.2, 0) is 32.1 Å². The third-order valence-corrected chi connectivity index (χ3v) is 16.8. The lowest BCUT2D eigenvalue weighted by molar-refractivity contribution is 0.296. The first-order valence-electron chi connectivity index (χ1n) is 24.7. The molecular weight excluding hydrogens is 809 g/mol. The fourth-order valence-corrected chi connectivity index (χ4v) is 13.8. The van der Waals surface area contributed by atoms with Crippen molar-refractivity contribution in [3.8, 4) is 44.5 Å². The molecule has 67 heavy (non-hydrogen) atoms. The van der Waals surface area contributed by atoms with Gasteiger partial charge in [0.05, 0.1) is 0 Å². The summed E-state index contributed by atoms with van der Waals surface area (Å²) in [6.07, 6.45) is 8.77. The largest absolute Gasteiger partial charge is 0.338 e. The normalized spacial score (nSPS) is 18.1. The van der Waals surface area contributed by atoms with E-state index in [2.05, 4.69) is 198 Å². The highest BCUT2D eigenvalue weighted by Crippen LogP contribution is 2.52. The number of nitrogens with zero attached hydrogens (tertiary/aromatic N) is 2. The van der Waals surface area contributed by atoms with Gasteiger partial charge in [0.25, 0.3) is 0 Å². The molecule has 15 rings (SSSR count). The molecule has 2 heteroatoms. The van der Waals surface area contributed by atoms with Crippen LogP contribution in [0.2, 0.25) is 0 Å². The van der Waals surface area contributed by atoms with Crippen LogP contribution in [0.1, 0.15) is 80.8 Å². The molecule has 6 aliphatic carbocycles. The Balaban J connectivity index is 0.795. The predicted octanol–water partition coefficient (Wildman–Crippen LogP) is 16.1. The highest BCUT2D eigenvalue weighted by molar-refractivity contribution is 5.89. The maximum absolute atomic E-state index is 2.76. The number of hydrogen-bond donors (Lipinski definition) is 0. The lowest BCUT2D eigenvalue weighted by Crippen LogP contribution is -2.37. The van der Waals surface area contributed by atoms with Crippen molar-refractivity contribution < 1.29 is 0 Å². The predicted molar refractivity (Wildman–Crippen MR) is 277 cm³/mol. The zero-order valence-electron chi connectivity index (χ0n) is 37.7. The Labute approximate surface area is 393 Å². The standard InChI is InChI=1S/C65H50N2/c1-5-13-56-40(9-1)29-44-34-50(17-23-60(44)56)66(51-18-24-61-45(35-51)30-41-10-2-6-14-57(41)61)54-21-27-64-48(38-54)33-49-39-55(22-28-65(49)64)67(52-19-25-62-46(36-52)31-42-11-3-7-15-58(42)62)53-20-26-63-47(37-53)32-43-12-4-8-16-59(43)63/h1-19,21-25,27-28,34-36,38-39,47,53,63H,20,26,29-33,37H2. The second kappa shape index (κ2) is 14.5. The highest BCUT2D eigenvalue weighted by Gasteiger charge is 2.40. The number of fused-ring (bicyclic) bond motifs is 15. The smallest absolute Gasteiger partial charge is 0.0464 e. The molecular formula is C65H50N2. The van der Waals surface area contributed by atoms with Crippen molar-refractivity contribution in [1.29, 1.82) is 0 Å². The maximum Gasteiger partial charge on any atom is 0.0464 e. The fourth-order valence-electron chi connectivity index (χ4n) is 13.8. The van der Waals surface area contributed by atoms with Gasteiger partial charge in [0, 0.05) is 34.5 Å². The molecule has 0 N–H and O–H groups in total. The van der Waals surface area contributed by atoms with E-state index in [0.29, 0.717) is 17.9 Å². The minimum atomic E-state index is 0.444. The van der Waals surface area contributed by atoms with E-state index in [4.69, 9.17) is 0 Å². The lowest BCUT2D eigenvalue weighted by atomic mass is 9.76. The molecule has 320 valence electrons. The molecule has 3 unspecified atom stereocenters. The van der Waals surface area contributed by atoms with E-state index in [1.54, 1.807) is 11.1 Å². The Hall–Kier alpha value is -7.42. The molecule has 0 bridgehead atoms. The van der Waals surface area contributed by atoms with Crippen LogP contribution in [0.25, 0.3) is 44.5 Å². The molecule has 0 aliphatic heterocycles. The van der Waals surface area contributed by atoms with Crippen molar-refractivity contribution in [2.75, 3.05) is 9.80 Å². The molecule has 1 saturated carbocycles. The maximum atomic E-state index is 2.76. The zero-order valence-corrected chi connectivity index (χ0v) is 37.7. The van der Waals surface area contributed by atoms with E-state index in [-0.39, 0.29) is 0 Å². The summed E-state index contributed by atoms with van der Waals surface area (Å²) in [5, 5.41) is 0. The van der Waals surface area contributed by atoms with Gasteiger partial charge in [-0.1, -0.05) is 127 Å². The van der Waals surface area contributed by atoms with Crippen molar-refractivity contribution in [1.82, 2.24) is 0 Å². The molecule has 9 aromatic carbocycles. The van der Waals surface area contributed by atoms with Gasteiger partial charge in [-0.3, -0.25) is 0 Å². The van der Waals surface area contributed by atoms with Crippen LogP contribution in [0.3, 0.4) is 0 Å². The van der Waals surface area contributed by atoms with Gasteiger partial charge in [0.2, 0.25) is 0 Å². The van der Waals surface area contributed by atoms with Crippen molar-refractivity contribution in [2.24, 2.45) is 5.92 Å². The van der Waals surface area contributed by atoms with Crippen LogP contribution >= 0.6 is 0 Å². The first kappa shape index (κ1) is 37.8. The van der Waals surface area contributed by atoms with E-state index in [9.17, 15) is 0 Å². The molecule has 0 saturated heterocycles. The first-order chi connectivity index (χ1) is 33.1. The minimum Gasteiger partial charge on any atom is -0.338 e. The van der Waals surface area contributed by atoms with Crippen molar-refractivity contribution >= 4 is 28.4 Å². The van der Waals surface area contributed by atoms with Crippen molar-refractivity contribution in [2.45, 2.75) is 63.3 Å². The highest BCUT2D eigenvalue weighted by atomic mass is 15.2. The molecule has 0 heterocycles. The van der Waals surface area contributed by atoms with Gasteiger partial charge in [0.15, 0.2) is 0 Å². The van der Waals surface area contributed by atoms with E-state index < -0.39 is 0 Å². The lowest BCUT2D eigenvalue weighted by Gasteiger charge is -2.41. The SMILES string of the molecule is c1ccc2c(c1)Cc1cc(N(c3ccc4c(c3)Cc3ccccc3-4)c3ccc4c(c3)Cc3cc(N(c5ccc6c(c5)Cc5ccccc5-6)C5CCC6c7ccccc7CC6C5)ccc3-4)ccc1-2. The summed E-state index contributed by atoms with van der Waals surface area (Å²) in [7, 11) is 0. The number of benzene rings is 9. The topological polar surface area (TPSA) is 6.48 Å². The van der Waals surface area contributed by atoms with E-state index in [1.807, 2.05) is 0 Å². The van der Waals surface area contributed by atoms with Crippen LogP contribution in [0, 0.1) is 5.92 Å². The van der Waals surface area contributed by atoms with Crippen LogP contribution in [0.5, 0.6) is 0 Å². The van der Waals surface area contributed by atoms with Gasteiger partial charge in [0.1, 0.15) is 0 Å². The Morgan fingerprint density at radius 3 is 1.13 bits per heavy atom. The van der Waals surface area contributed by atoms with E-state index in [1.165, 1.54) is 143 Å². The van der Waals surface area contributed by atoms with Crippen LogP contribution in [-0.4, -0.2) is 6.04 Å². The summed E-state index contributed by atoms with van der Waals surface area (Å²) < 4.78 is 0. The minimum absolute atomic E-state index is 0.444. The molecule has 9 aromatic rings. The Morgan fingerprint density at radius 2 is 0.672 bits per heavy atom. The van der Waals surface area contributed by atoms with Crippen molar-refractivity contribution in [3.63, 3.8) is 0 Å². The van der Waals surface area contributed by atoms with Crippen LogP contribution in [0.15, 0.2) is 188 Å². The molecule has 0 spiro atoms. The Bertz CT molecular complexity index is 3440. The zero-order chi connectivity index (χ0) is 43.7. The molecule has 0 amide bonds. The number of hydrogen-bond acceptors (Lipinski definition) is 2. The second-order valence-electron chi connectivity index (χ2n) is 20.3. The third kappa shape index (κ3) is 5.88. The van der Waals surface area contributed by atoms with E-state index in [0.717, 1.165) is 25.7 Å². The quantitative estimate of drug-likeness (QED) is 0.164. The summed E-state index contributed by atoms with van der Waals surface area (Å²) in [5.41, 5.74) is 31.9. The molecule has 3 atom stereocenters. The monoisotopic (exact) mass is 858 g/mol. The van der Waals surface area contributed by atoms with Gasteiger partial charge in [-0.25, -0.2) is 0 Å². The summed E-state index contributed by atoms with van der Waals surface area (Å²) in [5.74, 6) is 1.38. The Morgan fingerprint density at radius 1 is 0.313 bits per heavy atom. The summed E-state index contributed by atoms with van der Waals surface area (Å²) in [6.45, 7) is 0. The van der Waals surface area contributed by atoms with Crippen molar-refractivity contribution in [3.05, 3.63) is 244 Å². The number of anilines is 5. The third-order valence-electron chi connectivity index (χ3n) is 16.8. The molecule has 6 aliphatic rings. The van der Waals surface area contributed by atoms with Gasteiger partial charge in [-0.15, -0.1) is 0 Å². The number of rotatable bonds is 6. The van der Waals surface area contributed by atoms with Gasteiger partial charge in [-0.2, -0.15) is 0 Å². The van der Waals surface area contributed by atoms with Gasteiger partial charge >= 0.3 is 0 Å². The first-order valence-corrected chi connectivity index (χ1v) is 24.7. The molecule has 0 aromatic heterocycles.